The largest absolute Gasteiger partial charge is 0.335 e. The fourth-order valence-electron chi connectivity index (χ4n) is 2.46. The number of amides is 2. The van der Waals surface area contributed by atoms with Gasteiger partial charge in [-0.1, -0.05) is 36.4 Å². The summed E-state index contributed by atoms with van der Waals surface area (Å²) >= 11 is 0. The van der Waals surface area contributed by atoms with E-state index in [9.17, 15) is 4.79 Å². The van der Waals surface area contributed by atoms with E-state index in [1.165, 1.54) is 0 Å². The molecule has 1 aromatic rings. The van der Waals surface area contributed by atoms with Gasteiger partial charge in [0.25, 0.3) is 0 Å². The van der Waals surface area contributed by atoms with Gasteiger partial charge in [-0.3, -0.25) is 4.90 Å². The first-order chi connectivity index (χ1) is 9.78. The Morgan fingerprint density at radius 3 is 2.65 bits per heavy atom. The second kappa shape index (κ2) is 7.70. The first kappa shape index (κ1) is 14.6. The fourth-order valence-corrected chi connectivity index (χ4v) is 2.46. The van der Waals surface area contributed by atoms with E-state index in [2.05, 4.69) is 22.1 Å². The van der Waals surface area contributed by atoms with Crippen LogP contribution < -0.4 is 10.6 Å². The molecule has 0 bridgehead atoms. The Morgan fingerprint density at radius 2 is 2.00 bits per heavy atom. The predicted molar refractivity (Wildman–Crippen MR) is 81.5 cm³/mol. The van der Waals surface area contributed by atoms with Crippen molar-refractivity contribution in [1.82, 2.24) is 15.5 Å². The summed E-state index contributed by atoms with van der Waals surface area (Å²) in [7, 11) is 0. The zero-order chi connectivity index (χ0) is 14.2. The average Bonchev–Trinajstić information content (AvgIpc) is 2.49. The number of likely N-dealkylation sites (tertiary alicyclic amines) is 1. The van der Waals surface area contributed by atoms with Gasteiger partial charge in [-0.05, 0) is 18.4 Å². The molecule has 0 saturated carbocycles. The summed E-state index contributed by atoms with van der Waals surface area (Å²) in [5, 5.41) is 5.95. The minimum atomic E-state index is -0.0731. The van der Waals surface area contributed by atoms with E-state index < -0.39 is 0 Å². The lowest BCUT2D eigenvalue weighted by molar-refractivity contribution is 0.204. The fraction of sp³-hybridized carbons (Fsp3) is 0.438. The Bertz CT molecular complexity index is 425. The molecule has 1 saturated heterocycles. The summed E-state index contributed by atoms with van der Waals surface area (Å²) in [6.45, 7) is 7.31. The first-order valence-electron chi connectivity index (χ1n) is 7.19. The lowest BCUT2D eigenvalue weighted by Gasteiger charge is -2.31. The highest BCUT2D eigenvalue weighted by Crippen LogP contribution is 2.09. The van der Waals surface area contributed by atoms with Crippen molar-refractivity contribution >= 4 is 6.03 Å². The zero-order valence-corrected chi connectivity index (χ0v) is 11.8. The van der Waals surface area contributed by atoms with Gasteiger partial charge in [0.2, 0.25) is 0 Å². The van der Waals surface area contributed by atoms with Crippen LogP contribution in [0.1, 0.15) is 18.4 Å². The number of nitrogens with one attached hydrogen (secondary N) is 2. The number of carbonyl (C=O) groups is 1. The standard InChI is InChI=1S/C16H23N3O/c1-2-10-19-11-8-15(9-12-19)18-16(20)17-13-14-6-4-3-5-7-14/h2-7,15H,1,8-13H2,(H2,17,18,20). The van der Waals surface area contributed by atoms with Crippen molar-refractivity contribution in [2.75, 3.05) is 19.6 Å². The number of hydrogen-bond acceptors (Lipinski definition) is 2. The second-order valence-corrected chi connectivity index (χ2v) is 5.18. The minimum absolute atomic E-state index is 0.0731. The van der Waals surface area contributed by atoms with Gasteiger partial charge < -0.3 is 10.6 Å². The van der Waals surface area contributed by atoms with Gasteiger partial charge in [0.15, 0.2) is 0 Å². The Morgan fingerprint density at radius 1 is 1.30 bits per heavy atom. The lowest BCUT2D eigenvalue weighted by Crippen LogP contribution is -2.47. The highest BCUT2D eigenvalue weighted by atomic mass is 16.2. The molecule has 2 amide bonds. The summed E-state index contributed by atoms with van der Waals surface area (Å²) < 4.78 is 0. The number of benzene rings is 1. The lowest BCUT2D eigenvalue weighted by atomic mass is 10.1. The smallest absolute Gasteiger partial charge is 0.315 e. The number of piperidine rings is 1. The first-order valence-corrected chi connectivity index (χ1v) is 7.19. The summed E-state index contributed by atoms with van der Waals surface area (Å²) in [6.07, 6.45) is 3.94. The molecule has 2 rings (SSSR count). The molecule has 1 fully saturated rings. The molecule has 0 aromatic heterocycles. The second-order valence-electron chi connectivity index (χ2n) is 5.18. The molecule has 4 heteroatoms. The molecule has 1 aliphatic heterocycles. The number of hydrogen-bond donors (Lipinski definition) is 2. The van der Waals surface area contributed by atoms with E-state index in [-0.39, 0.29) is 12.1 Å². The normalized spacial score (nSPS) is 16.6. The van der Waals surface area contributed by atoms with E-state index in [0.717, 1.165) is 38.0 Å². The molecule has 20 heavy (non-hydrogen) atoms. The van der Waals surface area contributed by atoms with Crippen LogP contribution in [-0.2, 0) is 6.54 Å². The number of carbonyl (C=O) groups excluding carboxylic acids is 1. The van der Waals surface area contributed by atoms with Crippen molar-refractivity contribution in [3.8, 4) is 0 Å². The van der Waals surface area contributed by atoms with E-state index in [4.69, 9.17) is 0 Å². The van der Waals surface area contributed by atoms with Crippen LogP contribution in [0.25, 0.3) is 0 Å². The molecule has 0 spiro atoms. The molecule has 0 aliphatic carbocycles. The summed E-state index contributed by atoms with van der Waals surface area (Å²) in [6, 6.07) is 10.2. The van der Waals surface area contributed by atoms with E-state index in [1.54, 1.807) is 0 Å². The number of rotatable bonds is 5. The van der Waals surface area contributed by atoms with Gasteiger partial charge >= 0.3 is 6.03 Å². The molecule has 0 unspecified atom stereocenters. The van der Waals surface area contributed by atoms with Crippen LogP contribution in [0.4, 0.5) is 4.79 Å². The molecular formula is C16H23N3O. The van der Waals surface area contributed by atoms with Gasteiger partial charge in [-0.2, -0.15) is 0 Å². The number of nitrogens with zero attached hydrogens (tertiary/aromatic N) is 1. The molecule has 4 nitrogen and oxygen atoms in total. The van der Waals surface area contributed by atoms with E-state index >= 15 is 0 Å². The molecule has 2 N–H and O–H groups in total. The minimum Gasteiger partial charge on any atom is -0.335 e. The maximum atomic E-state index is 11.8. The predicted octanol–water partition coefficient (Wildman–Crippen LogP) is 2.14. The SMILES string of the molecule is C=CCN1CCC(NC(=O)NCc2ccccc2)CC1. The van der Waals surface area contributed by atoms with Crippen LogP contribution in [0.2, 0.25) is 0 Å². The summed E-state index contributed by atoms with van der Waals surface area (Å²) in [5.74, 6) is 0. The van der Waals surface area contributed by atoms with Crippen molar-refractivity contribution in [2.24, 2.45) is 0 Å². The molecule has 1 aromatic carbocycles. The summed E-state index contributed by atoms with van der Waals surface area (Å²) in [4.78, 5) is 14.2. The van der Waals surface area contributed by atoms with E-state index in [1.807, 2.05) is 36.4 Å². The summed E-state index contributed by atoms with van der Waals surface area (Å²) in [5.41, 5.74) is 1.11. The highest BCUT2D eigenvalue weighted by molar-refractivity contribution is 5.74. The van der Waals surface area contributed by atoms with Crippen LogP contribution in [0.15, 0.2) is 43.0 Å². The van der Waals surface area contributed by atoms with Gasteiger partial charge in [0, 0.05) is 32.2 Å². The van der Waals surface area contributed by atoms with Crippen molar-refractivity contribution in [2.45, 2.75) is 25.4 Å². The van der Waals surface area contributed by atoms with Gasteiger partial charge in [-0.15, -0.1) is 6.58 Å². The third-order valence-corrected chi connectivity index (χ3v) is 3.61. The molecule has 1 aliphatic rings. The zero-order valence-electron chi connectivity index (χ0n) is 11.8. The van der Waals surface area contributed by atoms with Crippen molar-refractivity contribution < 1.29 is 4.79 Å². The molecule has 1 heterocycles. The van der Waals surface area contributed by atoms with Crippen molar-refractivity contribution in [3.63, 3.8) is 0 Å². The maximum absolute atomic E-state index is 11.8. The quantitative estimate of drug-likeness (QED) is 0.807. The molecule has 0 atom stereocenters. The molecule has 108 valence electrons. The van der Waals surface area contributed by atoms with Crippen LogP contribution in [0.5, 0.6) is 0 Å². The Balaban J connectivity index is 1.66. The maximum Gasteiger partial charge on any atom is 0.315 e. The highest BCUT2D eigenvalue weighted by Gasteiger charge is 2.19. The average molecular weight is 273 g/mol. The molecular weight excluding hydrogens is 250 g/mol. The van der Waals surface area contributed by atoms with E-state index in [0.29, 0.717) is 6.54 Å². The number of urea groups is 1. The Hall–Kier alpha value is -1.81. The Labute approximate surface area is 120 Å². The Kier molecular flexibility index (Phi) is 5.62. The van der Waals surface area contributed by atoms with Gasteiger partial charge in [0.05, 0.1) is 0 Å². The van der Waals surface area contributed by atoms with Crippen molar-refractivity contribution in [1.29, 1.82) is 0 Å². The van der Waals surface area contributed by atoms with Crippen LogP contribution in [0.3, 0.4) is 0 Å². The topological polar surface area (TPSA) is 44.4 Å². The van der Waals surface area contributed by atoms with Gasteiger partial charge in [0.1, 0.15) is 0 Å². The van der Waals surface area contributed by atoms with Gasteiger partial charge in [-0.25, -0.2) is 4.79 Å². The van der Waals surface area contributed by atoms with Crippen LogP contribution in [0, 0.1) is 0 Å². The van der Waals surface area contributed by atoms with Crippen molar-refractivity contribution in [3.05, 3.63) is 48.6 Å². The third-order valence-electron chi connectivity index (χ3n) is 3.61. The van der Waals surface area contributed by atoms with Crippen LogP contribution >= 0.6 is 0 Å². The monoisotopic (exact) mass is 273 g/mol. The third kappa shape index (κ3) is 4.70. The molecule has 0 radical (unpaired) electrons. The van der Waals surface area contributed by atoms with Crippen LogP contribution in [-0.4, -0.2) is 36.6 Å².